The fourth-order valence-corrected chi connectivity index (χ4v) is 3.14. The Hall–Kier alpha value is -1.62. The van der Waals surface area contributed by atoms with Crippen LogP contribution in [0.5, 0.6) is 0 Å². The van der Waals surface area contributed by atoms with Crippen molar-refractivity contribution in [2.45, 2.75) is 26.3 Å². The van der Waals surface area contributed by atoms with Crippen molar-refractivity contribution in [2.24, 2.45) is 12.0 Å². The van der Waals surface area contributed by atoms with Crippen LogP contribution in [-0.4, -0.2) is 53.7 Å². The lowest BCUT2D eigenvalue weighted by atomic mass is 10.2. The average Bonchev–Trinajstić information content (AvgIpc) is 3.25. The number of halogens is 1. The van der Waals surface area contributed by atoms with Crippen molar-refractivity contribution in [2.75, 3.05) is 27.2 Å². The Morgan fingerprint density at radius 2 is 2.15 bits per heavy atom. The summed E-state index contributed by atoms with van der Waals surface area (Å²) in [6, 6.07) is 4.17. The standard InChI is InChI=1S/C18H28N6OS.HI/c1-5-16-14(13-24(4)22-16)11-20-18(21-12-17(25)23(2)3)19-9-8-15-7-6-10-26-15;/h6-7,10,13H,5,8-9,11-12H2,1-4H3,(H2,19,20,21);1H. The van der Waals surface area contributed by atoms with E-state index in [1.165, 1.54) is 4.88 Å². The van der Waals surface area contributed by atoms with Crippen LogP contribution in [0.1, 0.15) is 23.1 Å². The van der Waals surface area contributed by atoms with Gasteiger partial charge in [-0.15, -0.1) is 35.3 Å². The lowest BCUT2D eigenvalue weighted by Gasteiger charge is -2.14. The second-order valence-corrected chi connectivity index (χ2v) is 7.22. The van der Waals surface area contributed by atoms with Gasteiger partial charge in [-0.3, -0.25) is 9.48 Å². The van der Waals surface area contributed by atoms with Crippen molar-refractivity contribution in [3.8, 4) is 0 Å². The maximum absolute atomic E-state index is 11.9. The average molecular weight is 504 g/mol. The van der Waals surface area contributed by atoms with E-state index < -0.39 is 0 Å². The summed E-state index contributed by atoms with van der Waals surface area (Å²) >= 11 is 1.74. The number of nitrogens with one attached hydrogen (secondary N) is 2. The van der Waals surface area contributed by atoms with Crippen molar-refractivity contribution in [3.63, 3.8) is 0 Å². The highest BCUT2D eigenvalue weighted by atomic mass is 127. The first-order valence-electron chi connectivity index (χ1n) is 8.75. The van der Waals surface area contributed by atoms with Crippen LogP contribution in [-0.2, 0) is 31.2 Å². The minimum atomic E-state index is 0. The number of nitrogens with zero attached hydrogens (tertiary/aromatic N) is 4. The lowest BCUT2D eigenvalue weighted by Crippen LogP contribution is -2.43. The molecule has 0 fully saturated rings. The van der Waals surface area contributed by atoms with Gasteiger partial charge >= 0.3 is 0 Å². The Labute approximate surface area is 182 Å². The lowest BCUT2D eigenvalue weighted by molar-refractivity contribution is -0.127. The zero-order valence-corrected chi connectivity index (χ0v) is 19.5. The monoisotopic (exact) mass is 504 g/mol. The first-order valence-corrected chi connectivity index (χ1v) is 9.63. The van der Waals surface area contributed by atoms with Crippen LogP contribution in [0.4, 0.5) is 0 Å². The molecular weight excluding hydrogens is 475 g/mol. The summed E-state index contributed by atoms with van der Waals surface area (Å²) in [6.45, 7) is 3.59. The van der Waals surface area contributed by atoms with Crippen LogP contribution >= 0.6 is 35.3 Å². The summed E-state index contributed by atoms with van der Waals surface area (Å²) in [5.41, 5.74) is 2.16. The molecule has 0 aliphatic heterocycles. The molecule has 9 heteroatoms. The van der Waals surface area contributed by atoms with Crippen molar-refractivity contribution in [3.05, 3.63) is 39.8 Å². The Bertz CT molecular complexity index is 726. The fraction of sp³-hybridized carbons (Fsp3) is 0.500. The van der Waals surface area contributed by atoms with Gasteiger partial charge in [0.05, 0.1) is 18.8 Å². The maximum Gasteiger partial charge on any atom is 0.241 e. The van der Waals surface area contributed by atoms with Crippen molar-refractivity contribution >= 4 is 47.2 Å². The number of amides is 1. The van der Waals surface area contributed by atoms with Gasteiger partial charge in [-0.25, -0.2) is 4.99 Å². The van der Waals surface area contributed by atoms with Gasteiger partial charge in [-0.05, 0) is 24.3 Å². The van der Waals surface area contributed by atoms with Gasteiger partial charge in [0.1, 0.15) is 0 Å². The fourth-order valence-electron chi connectivity index (χ4n) is 2.43. The minimum absolute atomic E-state index is 0. The first-order chi connectivity index (χ1) is 12.5. The highest BCUT2D eigenvalue weighted by Gasteiger charge is 2.08. The van der Waals surface area contributed by atoms with Crippen molar-refractivity contribution < 1.29 is 4.79 Å². The number of likely N-dealkylation sites (N-methyl/N-ethyl adjacent to an activating group) is 1. The molecule has 150 valence electrons. The number of carbonyl (C=O) groups is 1. The quantitative estimate of drug-likeness (QED) is 0.328. The Balaban J connectivity index is 0.00000364. The number of guanidine groups is 1. The van der Waals surface area contributed by atoms with Crippen molar-refractivity contribution in [1.29, 1.82) is 0 Å². The summed E-state index contributed by atoms with van der Waals surface area (Å²) in [7, 11) is 5.41. The Kier molecular flexibility index (Phi) is 10.4. The molecule has 7 nitrogen and oxygen atoms in total. The van der Waals surface area contributed by atoms with E-state index in [0.29, 0.717) is 12.5 Å². The largest absolute Gasteiger partial charge is 0.356 e. The molecule has 0 radical (unpaired) electrons. The van der Waals surface area contributed by atoms with E-state index in [0.717, 1.165) is 30.6 Å². The predicted octanol–water partition coefficient (Wildman–Crippen LogP) is 2.03. The van der Waals surface area contributed by atoms with Crippen molar-refractivity contribution in [1.82, 2.24) is 25.3 Å². The molecule has 0 bridgehead atoms. The molecule has 0 aliphatic rings. The topological polar surface area (TPSA) is 74.5 Å². The number of aliphatic imine (C=N–C) groups is 1. The molecule has 2 heterocycles. The number of hydrogen-bond donors (Lipinski definition) is 2. The van der Waals surface area contributed by atoms with E-state index in [2.05, 4.69) is 45.2 Å². The second kappa shape index (κ2) is 12.0. The van der Waals surface area contributed by atoms with Gasteiger partial charge in [-0.2, -0.15) is 5.10 Å². The van der Waals surface area contributed by atoms with Crippen LogP contribution in [0.25, 0.3) is 0 Å². The number of aromatic nitrogens is 2. The second-order valence-electron chi connectivity index (χ2n) is 6.19. The molecule has 0 saturated heterocycles. The highest BCUT2D eigenvalue weighted by Crippen LogP contribution is 2.09. The van der Waals surface area contributed by atoms with E-state index in [1.54, 1.807) is 30.3 Å². The van der Waals surface area contributed by atoms with Gasteiger partial charge in [-0.1, -0.05) is 13.0 Å². The maximum atomic E-state index is 11.9. The zero-order chi connectivity index (χ0) is 18.9. The minimum Gasteiger partial charge on any atom is -0.356 e. The van der Waals surface area contributed by atoms with Gasteiger partial charge < -0.3 is 15.5 Å². The third-order valence-electron chi connectivity index (χ3n) is 3.88. The molecule has 2 rings (SSSR count). The number of aryl methyl sites for hydroxylation is 2. The van der Waals surface area contributed by atoms with Gasteiger partial charge in [0, 0.05) is 44.3 Å². The number of thiophene rings is 1. The first kappa shape index (κ1) is 23.4. The van der Waals surface area contributed by atoms with E-state index >= 15 is 0 Å². The number of hydrogen-bond acceptors (Lipinski definition) is 4. The molecule has 0 atom stereocenters. The van der Waals surface area contributed by atoms with Crippen LogP contribution in [0.3, 0.4) is 0 Å². The van der Waals surface area contributed by atoms with Crippen LogP contribution in [0.2, 0.25) is 0 Å². The molecule has 0 spiro atoms. The molecule has 2 aromatic rings. The summed E-state index contributed by atoms with van der Waals surface area (Å²) < 4.78 is 1.82. The summed E-state index contributed by atoms with van der Waals surface area (Å²) in [5, 5.41) is 13.0. The smallest absolute Gasteiger partial charge is 0.241 e. The molecule has 0 aliphatic carbocycles. The molecule has 27 heavy (non-hydrogen) atoms. The zero-order valence-electron chi connectivity index (χ0n) is 16.4. The molecule has 0 unspecified atom stereocenters. The normalized spacial score (nSPS) is 11.0. The van der Waals surface area contributed by atoms with E-state index in [4.69, 9.17) is 0 Å². The van der Waals surface area contributed by atoms with Crippen LogP contribution in [0.15, 0.2) is 28.7 Å². The van der Waals surface area contributed by atoms with E-state index in [9.17, 15) is 4.79 Å². The van der Waals surface area contributed by atoms with Gasteiger partial charge in [0.2, 0.25) is 5.91 Å². The molecular formula is C18H29IN6OS. The predicted molar refractivity (Wildman–Crippen MR) is 122 cm³/mol. The molecule has 0 saturated carbocycles. The highest BCUT2D eigenvalue weighted by molar-refractivity contribution is 14.0. The summed E-state index contributed by atoms with van der Waals surface area (Å²) in [4.78, 5) is 19.4. The molecule has 2 aromatic heterocycles. The van der Waals surface area contributed by atoms with Crippen LogP contribution < -0.4 is 10.6 Å². The third-order valence-corrected chi connectivity index (χ3v) is 4.82. The Morgan fingerprint density at radius 1 is 1.37 bits per heavy atom. The third kappa shape index (κ3) is 7.87. The Morgan fingerprint density at radius 3 is 2.78 bits per heavy atom. The molecule has 2 N–H and O–H groups in total. The molecule has 0 aromatic carbocycles. The number of carbonyl (C=O) groups excluding carboxylic acids is 1. The summed E-state index contributed by atoms with van der Waals surface area (Å²) in [6.07, 6.45) is 3.79. The van der Waals surface area contributed by atoms with Gasteiger partial charge in [0.25, 0.3) is 0 Å². The van der Waals surface area contributed by atoms with Gasteiger partial charge in [0.15, 0.2) is 5.96 Å². The SMILES string of the molecule is CCc1nn(C)cc1CN=C(NCCc1cccs1)NCC(=O)N(C)C.I. The van der Waals surface area contributed by atoms with Crippen LogP contribution in [0, 0.1) is 0 Å². The van der Waals surface area contributed by atoms with E-state index in [1.807, 2.05) is 17.9 Å². The number of rotatable bonds is 8. The van der Waals surface area contributed by atoms with E-state index in [-0.39, 0.29) is 36.4 Å². The summed E-state index contributed by atoms with van der Waals surface area (Å²) in [5.74, 6) is 0.649. The molecule has 1 amide bonds.